The predicted molar refractivity (Wildman–Crippen MR) is 102 cm³/mol. The molecule has 2 amide bonds. The van der Waals surface area contributed by atoms with Gasteiger partial charge in [-0.2, -0.15) is 10.4 Å². The van der Waals surface area contributed by atoms with E-state index in [1.54, 1.807) is 56.3 Å². The van der Waals surface area contributed by atoms with Gasteiger partial charge in [0.2, 0.25) is 5.91 Å². The van der Waals surface area contributed by atoms with E-state index in [2.05, 4.69) is 15.8 Å². The van der Waals surface area contributed by atoms with Crippen molar-refractivity contribution in [2.75, 3.05) is 5.32 Å². The van der Waals surface area contributed by atoms with E-state index in [4.69, 9.17) is 10.00 Å². The first kappa shape index (κ1) is 19.7. The Bertz CT molecular complexity index is 898. The molecule has 0 spiro atoms. The minimum absolute atomic E-state index is 0.163. The largest absolute Gasteiger partial charge is 0.481 e. The molecule has 1 atom stereocenters. The quantitative estimate of drug-likeness (QED) is 0.607. The second kappa shape index (κ2) is 9.15. The number of benzene rings is 2. The van der Waals surface area contributed by atoms with Gasteiger partial charge >= 0.3 is 0 Å². The molecular weight excluding hydrogens is 344 g/mol. The van der Waals surface area contributed by atoms with E-state index >= 15 is 0 Å². The van der Waals surface area contributed by atoms with Crippen molar-refractivity contribution in [3.63, 3.8) is 0 Å². The van der Waals surface area contributed by atoms with Crippen molar-refractivity contribution >= 4 is 23.2 Å². The molecular formula is C20H20N4O3. The lowest BCUT2D eigenvalue weighted by Crippen LogP contribution is -2.33. The van der Waals surface area contributed by atoms with E-state index in [1.165, 1.54) is 6.92 Å². The zero-order valence-corrected chi connectivity index (χ0v) is 15.3. The molecule has 0 heterocycles. The number of hydrogen-bond acceptors (Lipinski definition) is 5. The van der Waals surface area contributed by atoms with Gasteiger partial charge in [0.25, 0.3) is 5.91 Å². The molecule has 2 N–H and O–H groups in total. The molecule has 27 heavy (non-hydrogen) atoms. The maximum Gasteiger partial charge on any atom is 0.280 e. The molecule has 2 aromatic rings. The zero-order valence-electron chi connectivity index (χ0n) is 15.3. The molecule has 1 unspecified atom stereocenters. The Morgan fingerprint density at radius 1 is 1.15 bits per heavy atom. The first-order valence-corrected chi connectivity index (χ1v) is 8.28. The van der Waals surface area contributed by atoms with E-state index in [-0.39, 0.29) is 5.91 Å². The van der Waals surface area contributed by atoms with Gasteiger partial charge in [-0.3, -0.25) is 9.59 Å². The van der Waals surface area contributed by atoms with Crippen LogP contribution in [0.5, 0.6) is 5.75 Å². The number of nitrogens with one attached hydrogen (secondary N) is 2. The van der Waals surface area contributed by atoms with Crippen LogP contribution in [-0.2, 0) is 9.59 Å². The molecule has 2 rings (SSSR count). The number of hydrogen-bond donors (Lipinski definition) is 2. The van der Waals surface area contributed by atoms with Crippen LogP contribution >= 0.6 is 0 Å². The van der Waals surface area contributed by atoms with Crippen LogP contribution in [0.25, 0.3) is 0 Å². The van der Waals surface area contributed by atoms with Crippen molar-refractivity contribution in [1.82, 2.24) is 5.43 Å². The normalized spacial score (nSPS) is 11.9. The smallest absolute Gasteiger partial charge is 0.280 e. The first-order chi connectivity index (χ1) is 12.9. The summed E-state index contributed by atoms with van der Waals surface area (Å²) in [6, 6.07) is 15.7. The summed E-state index contributed by atoms with van der Waals surface area (Å²) in [7, 11) is 0. The highest BCUT2D eigenvalue weighted by molar-refractivity contribution is 6.01. The molecule has 0 radical (unpaired) electrons. The third kappa shape index (κ3) is 5.97. The van der Waals surface area contributed by atoms with Gasteiger partial charge in [0.1, 0.15) is 5.75 Å². The molecule has 0 saturated carbocycles. The minimum atomic E-state index is -0.764. The van der Waals surface area contributed by atoms with Crippen molar-refractivity contribution in [3.8, 4) is 11.8 Å². The van der Waals surface area contributed by atoms with Crippen molar-refractivity contribution in [1.29, 1.82) is 5.26 Å². The molecule has 0 aliphatic heterocycles. The standard InChI is InChI=1S/C20H20N4O3/c1-13(17-5-4-6-18(11-17)22-15(3)25)23-24-20(26)14(2)27-19-9-7-16(12-21)8-10-19/h4-11,14H,1-3H3,(H,22,25)(H,24,26)/b23-13+. The van der Waals surface area contributed by atoms with Crippen molar-refractivity contribution < 1.29 is 14.3 Å². The summed E-state index contributed by atoms with van der Waals surface area (Å²) in [5.41, 5.74) is 4.98. The number of nitriles is 1. The van der Waals surface area contributed by atoms with Crippen LogP contribution in [0.4, 0.5) is 5.69 Å². The number of ether oxygens (including phenoxy) is 1. The Hall–Kier alpha value is -3.66. The topological polar surface area (TPSA) is 104 Å². The average Bonchev–Trinajstić information content (AvgIpc) is 2.66. The van der Waals surface area contributed by atoms with E-state index in [9.17, 15) is 9.59 Å². The van der Waals surface area contributed by atoms with Crippen LogP contribution in [-0.4, -0.2) is 23.6 Å². The van der Waals surface area contributed by atoms with Gasteiger partial charge in [0.05, 0.1) is 17.3 Å². The summed E-state index contributed by atoms with van der Waals surface area (Å²) in [6.45, 7) is 4.79. The number of rotatable bonds is 6. The monoisotopic (exact) mass is 364 g/mol. The van der Waals surface area contributed by atoms with E-state index in [0.29, 0.717) is 22.7 Å². The van der Waals surface area contributed by atoms with Gasteiger partial charge in [0.15, 0.2) is 6.10 Å². The van der Waals surface area contributed by atoms with Gasteiger partial charge in [0, 0.05) is 12.6 Å². The minimum Gasteiger partial charge on any atom is -0.481 e. The molecule has 0 saturated heterocycles. The Morgan fingerprint density at radius 3 is 2.48 bits per heavy atom. The molecule has 2 aromatic carbocycles. The van der Waals surface area contributed by atoms with E-state index < -0.39 is 12.0 Å². The van der Waals surface area contributed by atoms with Gasteiger partial charge in [-0.25, -0.2) is 5.43 Å². The molecule has 0 aromatic heterocycles. The number of anilines is 1. The van der Waals surface area contributed by atoms with Crippen LogP contribution < -0.4 is 15.5 Å². The number of carbonyl (C=O) groups is 2. The van der Waals surface area contributed by atoms with Gasteiger partial charge in [-0.05, 0) is 55.8 Å². The predicted octanol–water partition coefficient (Wildman–Crippen LogP) is 2.82. The molecule has 0 fully saturated rings. The number of hydrazone groups is 1. The van der Waals surface area contributed by atoms with Crippen LogP contribution in [0, 0.1) is 11.3 Å². The van der Waals surface area contributed by atoms with Gasteiger partial charge < -0.3 is 10.1 Å². The Kier molecular flexibility index (Phi) is 6.67. The lowest BCUT2D eigenvalue weighted by Gasteiger charge is -2.13. The summed E-state index contributed by atoms with van der Waals surface area (Å²) in [5, 5.41) is 15.6. The second-order valence-electron chi connectivity index (χ2n) is 5.83. The fraction of sp³-hybridized carbons (Fsp3) is 0.200. The lowest BCUT2D eigenvalue weighted by molar-refractivity contribution is -0.127. The summed E-state index contributed by atoms with van der Waals surface area (Å²) >= 11 is 0. The maximum atomic E-state index is 12.2. The Balaban J connectivity index is 1.97. The van der Waals surface area contributed by atoms with Crippen molar-refractivity contribution in [2.45, 2.75) is 26.9 Å². The van der Waals surface area contributed by atoms with Crippen molar-refractivity contribution in [2.24, 2.45) is 5.10 Å². The number of nitrogens with zero attached hydrogens (tertiary/aromatic N) is 2. The molecule has 7 heteroatoms. The van der Waals surface area contributed by atoms with Crippen LogP contribution in [0.15, 0.2) is 53.6 Å². The third-order valence-corrected chi connectivity index (χ3v) is 3.60. The van der Waals surface area contributed by atoms with Crippen LogP contribution in [0.1, 0.15) is 31.9 Å². The van der Waals surface area contributed by atoms with Crippen molar-refractivity contribution in [3.05, 3.63) is 59.7 Å². The zero-order chi connectivity index (χ0) is 19.8. The average molecular weight is 364 g/mol. The molecule has 0 aliphatic carbocycles. The lowest BCUT2D eigenvalue weighted by atomic mass is 10.1. The highest BCUT2D eigenvalue weighted by atomic mass is 16.5. The third-order valence-electron chi connectivity index (χ3n) is 3.60. The summed E-state index contributed by atoms with van der Waals surface area (Å²) in [4.78, 5) is 23.3. The fourth-order valence-electron chi connectivity index (χ4n) is 2.19. The number of amides is 2. The summed E-state index contributed by atoms with van der Waals surface area (Å²) in [5.74, 6) is -0.0825. The molecule has 138 valence electrons. The molecule has 0 aliphatic rings. The first-order valence-electron chi connectivity index (χ1n) is 8.28. The highest BCUT2D eigenvalue weighted by Gasteiger charge is 2.14. The van der Waals surface area contributed by atoms with Crippen LogP contribution in [0.2, 0.25) is 0 Å². The summed E-state index contributed by atoms with van der Waals surface area (Å²) in [6.07, 6.45) is -0.764. The Morgan fingerprint density at radius 2 is 1.85 bits per heavy atom. The molecule has 0 bridgehead atoms. The second-order valence-corrected chi connectivity index (χ2v) is 5.83. The van der Waals surface area contributed by atoms with E-state index in [1.807, 2.05) is 12.1 Å². The molecule has 7 nitrogen and oxygen atoms in total. The summed E-state index contributed by atoms with van der Waals surface area (Å²) < 4.78 is 5.54. The SMILES string of the molecule is CC(=O)Nc1cccc(/C(C)=N/NC(=O)C(C)Oc2ccc(C#N)cc2)c1. The van der Waals surface area contributed by atoms with Gasteiger partial charge in [-0.15, -0.1) is 0 Å². The van der Waals surface area contributed by atoms with E-state index in [0.717, 1.165) is 5.56 Å². The maximum absolute atomic E-state index is 12.2. The Labute approximate surface area is 157 Å². The number of carbonyl (C=O) groups excluding carboxylic acids is 2. The fourth-order valence-corrected chi connectivity index (χ4v) is 2.19. The van der Waals surface area contributed by atoms with Crippen LogP contribution in [0.3, 0.4) is 0 Å². The van der Waals surface area contributed by atoms with Gasteiger partial charge in [-0.1, -0.05) is 12.1 Å². The highest BCUT2D eigenvalue weighted by Crippen LogP contribution is 2.14.